The van der Waals surface area contributed by atoms with E-state index in [9.17, 15) is 13.9 Å². The molecule has 214 valence electrons. The van der Waals surface area contributed by atoms with Crippen molar-refractivity contribution in [1.29, 1.82) is 5.26 Å². The highest BCUT2D eigenvalue weighted by molar-refractivity contribution is 5.76. The van der Waals surface area contributed by atoms with Crippen molar-refractivity contribution in [2.45, 2.75) is 129 Å². The van der Waals surface area contributed by atoms with Gasteiger partial charge in [0.25, 0.3) is 0 Å². The second-order valence-electron chi connectivity index (χ2n) is 11.2. The summed E-state index contributed by atoms with van der Waals surface area (Å²) in [4.78, 5) is 4.96. The average Bonchev–Trinajstić information content (AvgIpc) is 3.12. The fourth-order valence-electron chi connectivity index (χ4n) is 5.91. The molecular formula is C32H51F2N3O. The summed E-state index contributed by atoms with van der Waals surface area (Å²) in [5, 5.41) is 18.5. The molecule has 0 aliphatic carbocycles. The van der Waals surface area contributed by atoms with Crippen LogP contribution in [0.2, 0.25) is 0 Å². The average molecular weight is 532 g/mol. The Morgan fingerprint density at radius 1 is 0.789 bits per heavy atom. The molecule has 2 aliphatic rings. The maximum atomic E-state index is 12.4. The van der Waals surface area contributed by atoms with Crippen LogP contribution in [-0.4, -0.2) is 36.5 Å². The van der Waals surface area contributed by atoms with E-state index in [2.05, 4.69) is 6.92 Å². The Morgan fingerprint density at radius 3 is 1.87 bits per heavy atom. The number of quaternary nitrogens is 1. The Hall–Kier alpha value is -2.00. The second-order valence-corrected chi connectivity index (χ2v) is 11.2. The lowest BCUT2D eigenvalue weighted by atomic mass is 10.0. The first-order chi connectivity index (χ1) is 18.5. The van der Waals surface area contributed by atoms with Crippen molar-refractivity contribution in [2.75, 3.05) is 26.2 Å². The first kappa shape index (κ1) is 32.2. The lowest BCUT2D eigenvalue weighted by molar-refractivity contribution is -0.845. The molecule has 2 heterocycles. The number of fused-ring (bicyclic) bond motifs is 1. The van der Waals surface area contributed by atoms with Gasteiger partial charge in [-0.3, -0.25) is 4.48 Å². The Kier molecular flexibility index (Phi) is 16.2. The third-order valence-electron chi connectivity index (χ3n) is 8.14. The van der Waals surface area contributed by atoms with Crippen LogP contribution < -0.4 is 5.11 Å². The number of nitriles is 1. The number of hydrogen-bond acceptors (Lipinski definition) is 3. The van der Waals surface area contributed by atoms with E-state index in [-0.39, 0.29) is 0 Å². The van der Waals surface area contributed by atoms with Crippen molar-refractivity contribution >= 4 is 5.84 Å². The van der Waals surface area contributed by atoms with Crippen LogP contribution in [0.4, 0.5) is 8.78 Å². The van der Waals surface area contributed by atoms with E-state index in [1.807, 2.05) is 0 Å². The van der Waals surface area contributed by atoms with Crippen LogP contribution in [0.5, 0.6) is 5.75 Å². The van der Waals surface area contributed by atoms with Crippen molar-refractivity contribution in [2.24, 2.45) is 4.99 Å². The Bertz CT molecular complexity index is 844. The maximum absolute atomic E-state index is 12.4. The Morgan fingerprint density at radius 2 is 1.32 bits per heavy atom. The van der Waals surface area contributed by atoms with Crippen molar-refractivity contribution in [3.05, 3.63) is 29.3 Å². The first-order valence-corrected chi connectivity index (χ1v) is 15.5. The number of benzene rings is 1. The highest BCUT2D eigenvalue weighted by Gasteiger charge is 2.36. The molecule has 0 saturated carbocycles. The van der Waals surface area contributed by atoms with Gasteiger partial charge in [0.05, 0.1) is 19.6 Å². The van der Waals surface area contributed by atoms with Gasteiger partial charge in [-0.1, -0.05) is 84.0 Å². The van der Waals surface area contributed by atoms with Gasteiger partial charge in [0.1, 0.15) is 23.3 Å². The summed E-state index contributed by atoms with van der Waals surface area (Å²) < 4.78 is 26.2. The highest BCUT2D eigenvalue weighted by Crippen LogP contribution is 2.26. The quantitative estimate of drug-likeness (QED) is 0.168. The third kappa shape index (κ3) is 11.8. The molecular weight excluding hydrogens is 480 g/mol. The van der Waals surface area contributed by atoms with Crippen molar-refractivity contribution < 1.29 is 18.4 Å². The van der Waals surface area contributed by atoms with Gasteiger partial charge < -0.3 is 5.11 Å². The molecule has 0 aromatic heterocycles. The topological polar surface area (TPSA) is 59.2 Å². The predicted molar refractivity (Wildman–Crippen MR) is 151 cm³/mol. The van der Waals surface area contributed by atoms with Gasteiger partial charge in [-0.05, 0) is 44.2 Å². The van der Waals surface area contributed by atoms with E-state index < -0.39 is 22.9 Å². The molecule has 1 aromatic carbocycles. The monoisotopic (exact) mass is 531 g/mol. The standard InChI is InChI=1S/C25H49N2.C7H3F2NO/c1-2-3-4-5-6-7-8-9-10-11-12-13-14-17-22-27-23-18-15-16-20-25(27)26-21-19-24-27;8-6-1-4(11)2-7(9)5(6)3-10/h2-24H2,1H3;1-2,11H/q+1;/p-1. The summed E-state index contributed by atoms with van der Waals surface area (Å²) in [6.45, 7) is 7.57. The summed E-state index contributed by atoms with van der Waals surface area (Å²) in [6.07, 6.45) is 27.3. The van der Waals surface area contributed by atoms with Gasteiger partial charge in [0.15, 0.2) is 5.84 Å². The van der Waals surface area contributed by atoms with Crippen LogP contribution in [0.25, 0.3) is 0 Å². The van der Waals surface area contributed by atoms with E-state index in [0.29, 0.717) is 12.1 Å². The van der Waals surface area contributed by atoms with E-state index in [1.165, 1.54) is 152 Å². The molecule has 2 aliphatic heterocycles. The smallest absolute Gasteiger partial charge is 0.198 e. The SMILES string of the molecule is CCCCCCCCCCCCCCCC[N+]12CCCCCC1=NCCC2.N#Cc1c(F)cc([O-])cc1F. The van der Waals surface area contributed by atoms with E-state index in [4.69, 9.17) is 10.3 Å². The molecule has 6 heteroatoms. The summed E-state index contributed by atoms with van der Waals surface area (Å²) in [7, 11) is 0. The molecule has 0 bridgehead atoms. The number of rotatable bonds is 15. The first-order valence-electron chi connectivity index (χ1n) is 15.5. The predicted octanol–water partition coefficient (Wildman–Crippen LogP) is 8.57. The van der Waals surface area contributed by atoms with Gasteiger partial charge in [-0.2, -0.15) is 5.26 Å². The lowest BCUT2D eigenvalue weighted by Gasteiger charge is -2.40. The Labute approximate surface area is 230 Å². The minimum absolute atomic E-state index is 0.571. The highest BCUT2D eigenvalue weighted by atomic mass is 19.1. The van der Waals surface area contributed by atoms with Crippen LogP contribution in [0.1, 0.15) is 134 Å². The number of aliphatic imine (C=N–C) groups is 1. The fraction of sp³-hybridized carbons (Fsp3) is 0.750. The van der Waals surface area contributed by atoms with Crippen LogP contribution in [0.15, 0.2) is 17.1 Å². The largest absolute Gasteiger partial charge is 0.872 e. The maximum Gasteiger partial charge on any atom is 0.198 e. The summed E-state index contributed by atoms with van der Waals surface area (Å²) in [5.41, 5.74) is -0.718. The zero-order chi connectivity index (χ0) is 27.5. The molecule has 0 amide bonds. The number of hydrogen-bond donors (Lipinski definition) is 0. The van der Waals surface area contributed by atoms with Crippen molar-refractivity contribution in [3.63, 3.8) is 0 Å². The van der Waals surface area contributed by atoms with Crippen LogP contribution >= 0.6 is 0 Å². The van der Waals surface area contributed by atoms with Crippen molar-refractivity contribution in [3.8, 4) is 11.8 Å². The number of amidine groups is 1. The molecule has 3 rings (SSSR count). The van der Waals surface area contributed by atoms with Crippen molar-refractivity contribution in [1.82, 2.24) is 0 Å². The zero-order valence-corrected chi connectivity index (χ0v) is 23.9. The molecule has 1 atom stereocenters. The van der Waals surface area contributed by atoms with Gasteiger partial charge in [0.2, 0.25) is 0 Å². The normalized spacial score (nSPS) is 18.9. The summed E-state index contributed by atoms with van der Waals surface area (Å²) in [6, 6.07) is 2.44. The van der Waals surface area contributed by atoms with Crippen LogP contribution in [-0.2, 0) is 0 Å². The molecule has 1 aromatic rings. The van der Waals surface area contributed by atoms with Crippen LogP contribution in [0, 0.1) is 23.0 Å². The second kappa shape index (κ2) is 19.1. The number of nitrogens with zero attached hydrogens (tertiary/aromatic N) is 3. The molecule has 0 N–H and O–H groups in total. The van der Waals surface area contributed by atoms with Gasteiger partial charge in [-0.15, -0.1) is 5.75 Å². The number of halogens is 2. The van der Waals surface area contributed by atoms with Gasteiger partial charge in [-0.25, -0.2) is 13.8 Å². The fourth-order valence-corrected chi connectivity index (χ4v) is 5.91. The molecule has 1 fully saturated rings. The molecule has 38 heavy (non-hydrogen) atoms. The lowest BCUT2D eigenvalue weighted by Crippen LogP contribution is -2.55. The summed E-state index contributed by atoms with van der Waals surface area (Å²) >= 11 is 0. The molecule has 1 saturated heterocycles. The molecule has 4 nitrogen and oxygen atoms in total. The van der Waals surface area contributed by atoms with E-state index in [1.54, 1.807) is 5.84 Å². The zero-order valence-electron chi connectivity index (χ0n) is 23.9. The van der Waals surface area contributed by atoms with E-state index >= 15 is 0 Å². The minimum Gasteiger partial charge on any atom is -0.872 e. The molecule has 1 unspecified atom stereocenters. The van der Waals surface area contributed by atoms with E-state index in [0.717, 1.165) is 6.54 Å². The van der Waals surface area contributed by atoms with Gasteiger partial charge >= 0.3 is 0 Å². The third-order valence-corrected chi connectivity index (χ3v) is 8.14. The summed E-state index contributed by atoms with van der Waals surface area (Å²) in [5.74, 6) is -1.43. The van der Waals surface area contributed by atoms with Gasteiger partial charge in [0, 0.05) is 19.4 Å². The molecule has 0 radical (unpaired) electrons. The minimum atomic E-state index is -1.11. The number of unbranched alkanes of at least 4 members (excludes halogenated alkanes) is 13. The Balaban J connectivity index is 0.000000384. The molecule has 0 spiro atoms. The van der Waals surface area contributed by atoms with Crippen LogP contribution in [0.3, 0.4) is 0 Å².